The molecule has 25 heavy (non-hydrogen) atoms. The number of hydrogen-bond acceptors (Lipinski definition) is 4. The highest BCUT2D eigenvalue weighted by atomic mass is 35.5. The van der Waals surface area contributed by atoms with Gasteiger partial charge in [-0.05, 0) is 30.4 Å². The zero-order chi connectivity index (χ0) is 17.9. The molecular formula is C18H28Cl2N2O3. The zero-order valence-corrected chi connectivity index (χ0v) is 16.9. The van der Waals surface area contributed by atoms with Crippen molar-refractivity contribution < 1.29 is 14.3 Å². The average molecular weight is 391 g/mol. The van der Waals surface area contributed by atoms with Crippen molar-refractivity contribution in [2.45, 2.75) is 39.7 Å². The lowest BCUT2D eigenvalue weighted by atomic mass is 9.79. The van der Waals surface area contributed by atoms with E-state index < -0.39 is 0 Å². The first-order valence-corrected chi connectivity index (χ1v) is 8.73. The molecule has 2 rings (SSSR count). The highest BCUT2D eigenvalue weighted by Gasteiger charge is 2.35. The van der Waals surface area contributed by atoms with E-state index in [9.17, 15) is 4.79 Å². The van der Waals surface area contributed by atoms with Crippen molar-refractivity contribution in [3.63, 3.8) is 0 Å². The molecule has 0 bridgehead atoms. The summed E-state index contributed by atoms with van der Waals surface area (Å²) in [7, 11) is 1.54. The fourth-order valence-corrected chi connectivity index (χ4v) is 3.18. The molecule has 1 fully saturated rings. The van der Waals surface area contributed by atoms with Gasteiger partial charge >= 0.3 is 0 Å². The number of ether oxygens (including phenoxy) is 2. The van der Waals surface area contributed by atoms with E-state index in [1.807, 2.05) is 11.8 Å². The van der Waals surface area contributed by atoms with Gasteiger partial charge in [-0.3, -0.25) is 4.79 Å². The number of rotatable bonds is 5. The highest BCUT2D eigenvalue weighted by molar-refractivity contribution is 6.32. The molecule has 1 aliphatic heterocycles. The largest absolute Gasteiger partial charge is 0.493 e. The molecular weight excluding hydrogens is 363 g/mol. The van der Waals surface area contributed by atoms with Crippen molar-refractivity contribution in [1.29, 1.82) is 0 Å². The Morgan fingerprint density at radius 2 is 2.12 bits per heavy atom. The van der Waals surface area contributed by atoms with Gasteiger partial charge in [0.05, 0.1) is 18.7 Å². The van der Waals surface area contributed by atoms with Crippen LogP contribution in [0.4, 0.5) is 0 Å². The first-order valence-electron chi connectivity index (χ1n) is 8.35. The van der Waals surface area contributed by atoms with Gasteiger partial charge in [0.25, 0.3) is 5.91 Å². The Morgan fingerprint density at radius 1 is 1.44 bits per heavy atom. The summed E-state index contributed by atoms with van der Waals surface area (Å²) in [5, 5.41) is 0.388. The molecule has 0 spiro atoms. The molecule has 1 aromatic rings. The highest BCUT2D eigenvalue weighted by Crippen LogP contribution is 2.37. The van der Waals surface area contributed by atoms with E-state index >= 15 is 0 Å². The normalized spacial score (nSPS) is 19.1. The van der Waals surface area contributed by atoms with Crippen LogP contribution in [-0.2, 0) is 0 Å². The molecule has 2 N–H and O–H groups in total. The van der Waals surface area contributed by atoms with Crippen LogP contribution in [0.5, 0.6) is 11.5 Å². The van der Waals surface area contributed by atoms with Gasteiger partial charge in [0.1, 0.15) is 0 Å². The van der Waals surface area contributed by atoms with Crippen molar-refractivity contribution in [2.24, 2.45) is 11.1 Å². The topological polar surface area (TPSA) is 64.8 Å². The molecule has 1 atom stereocenters. The Hall–Kier alpha value is -1.17. The lowest BCUT2D eigenvalue weighted by Gasteiger charge is -2.42. The number of nitrogens with zero attached hydrogens (tertiary/aromatic N) is 1. The number of carbonyl (C=O) groups is 1. The summed E-state index contributed by atoms with van der Waals surface area (Å²) in [6.45, 7) is 8.01. The zero-order valence-electron chi connectivity index (χ0n) is 15.3. The second-order valence-corrected chi connectivity index (χ2v) is 7.36. The van der Waals surface area contributed by atoms with Gasteiger partial charge in [0, 0.05) is 24.7 Å². The van der Waals surface area contributed by atoms with Crippen LogP contribution in [0.3, 0.4) is 0 Å². The Kier molecular flexibility index (Phi) is 7.85. The van der Waals surface area contributed by atoms with E-state index in [1.54, 1.807) is 19.2 Å². The molecule has 1 amide bonds. The summed E-state index contributed by atoms with van der Waals surface area (Å²) < 4.78 is 11.0. The first-order chi connectivity index (χ1) is 11.3. The van der Waals surface area contributed by atoms with Crippen LogP contribution in [0.25, 0.3) is 0 Å². The Morgan fingerprint density at radius 3 is 2.68 bits per heavy atom. The summed E-state index contributed by atoms with van der Waals surface area (Å²) in [5.41, 5.74) is 6.56. The smallest absolute Gasteiger partial charge is 0.254 e. The number of carbonyl (C=O) groups excluding carboxylic acids is 1. The maximum Gasteiger partial charge on any atom is 0.254 e. The third kappa shape index (κ3) is 4.93. The van der Waals surface area contributed by atoms with Gasteiger partial charge in [-0.1, -0.05) is 32.4 Å². The molecule has 1 aliphatic rings. The van der Waals surface area contributed by atoms with Crippen LogP contribution in [0.1, 0.15) is 44.0 Å². The number of nitrogens with two attached hydrogens (primary N) is 1. The van der Waals surface area contributed by atoms with E-state index in [1.165, 1.54) is 0 Å². The van der Waals surface area contributed by atoms with E-state index in [2.05, 4.69) is 13.8 Å². The van der Waals surface area contributed by atoms with Crippen molar-refractivity contribution in [3.8, 4) is 11.5 Å². The SMILES string of the molecule is CCCOc1c(Cl)cc(C(=O)N2CCC(N)C(C)(C)C2)cc1OC.Cl. The quantitative estimate of drug-likeness (QED) is 0.830. The van der Waals surface area contributed by atoms with E-state index in [4.69, 9.17) is 26.8 Å². The summed E-state index contributed by atoms with van der Waals surface area (Å²) in [6.07, 6.45) is 1.66. The fourth-order valence-electron chi connectivity index (χ4n) is 2.92. The maximum atomic E-state index is 12.9. The Balaban J connectivity index is 0.00000312. The van der Waals surface area contributed by atoms with Gasteiger partial charge in [-0.2, -0.15) is 0 Å². The molecule has 0 aliphatic carbocycles. The molecule has 7 heteroatoms. The summed E-state index contributed by atoms with van der Waals surface area (Å²) in [4.78, 5) is 14.7. The Bertz CT molecular complexity index is 608. The number of amides is 1. The number of piperidine rings is 1. The molecule has 1 saturated heterocycles. The third-order valence-electron chi connectivity index (χ3n) is 4.53. The number of hydrogen-bond donors (Lipinski definition) is 1. The minimum Gasteiger partial charge on any atom is -0.493 e. The standard InChI is InChI=1S/C18H27ClN2O3.ClH/c1-5-8-24-16-13(19)9-12(10-14(16)23-4)17(22)21-7-6-15(20)18(2,3)11-21;/h9-10,15H,5-8,11,20H2,1-4H3;1H. The molecule has 0 radical (unpaired) electrons. The van der Waals surface area contributed by atoms with Crippen LogP contribution in [0, 0.1) is 5.41 Å². The van der Waals surface area contributed by atoms with E-state index in [0.717, 1.165) is 12.8 Å². The molecule has 5 nitrogen and oxygen atoms in total. The van der Waals surface area contributed by atoms with E-state index in [-0.39, 0.29) is 29.8 Å². The number of likely N-dealkylation sites (tertiary alicyclic amines) is 1. The molecule has 1 unspecified atom stereocenters. The maximum absolute atomic E-state index is 12.9. The van der Waals surface area contributed by atoms with Gasteiger partial charge in [-0.15, -0.1) is 12.4 Å². The van der Waals surface area contributed by atoms with Gasteiger partial charge in [-0.25, -0.2) is 0 Å². The fraction of sp³-hybridized carbons (Fsp3) is 0.611. The van der Waals surface area contributed by atoms with Crippen LogP contribution in [0.2, 0.25) is 5.02 Å². The van der Waals surface area contributed by atoms with Crippen molar-refractivity contribution in [2.75, 3.05) is 26.8 Å². The lowest BCUT2D eigenvalue weighted by molar-refractivity contribution is 0.0532. The summed E-state index contributed by atoms with van der Waals surface area (Å²) in [6, 6.07) is 3.45. The van der Waals surface area contributed by atoms with Crippen LogP contribution in [0.15, 0.2) is 12.1 Å². The summed E-state index contributed by atoms with van der Waals surface area (Å²) in [5.74, 6) is 0.906. The van der Waals surface area contributed by atoms with Gasteiger partial charge in [0.2, 0.25) is 0 Å². The second kappa shape index (κ2) is 8.97. The van der Waals surface area contributed by atoms with Crippen LogP contribution in [-0.4, -0.2) is 43.7 Å². The minimum atomic E-state index is -0.105. The third-order valence-corrected chi connectivity index (χ3v) is 4.81. The van der Waals surface area contributed by atoms with E-state index in [0.29, 0.717) is 41.8 Å². The van der Waals surface area contributed by atoms with Crippen molar-refractivity contribution in [1.82, 2.24) is 4.90 Å². The molecule has 0 saturated carbocycles. The number of methoxy groups -OCH3 is 1. The first kappa shape index (κ1) is 21.9. The molecule has 1 heterocycles. The predicted molar refractivity (Wildman–Crippen MR) is 103 cm³/mol. The van der Waals surface area contributed by atoms with Gasteiger partial charge in [0.15, 0.2) is 11.5 Å². The minimum absolute atomic E-state index is 0. The second-order valence-electron chi connectivity index (χ2n) is 6.95. The van der Waals surface area contributed by atoms with Gasteiger partial charge < -0.3 is 20.1 Å². The van der Waals surface area contributed by atoms with Crippen LogP contribution >= 0.6 is 24.0 Å². The van der Waals surface area contributed by atoms with Crippen LogP contribution < -0.4 is 15.2 Å². The number of benzene rings is 1. The lowest BCUT2D eigenvalue weighted by Crippen LogP contribution is -2.54. The average Bonchev–Trinajstić information content (AvgIpc) is 2.54. The molecule has 142 valence electrons. The summed E-state index contributed by atoms with van der Waals surface area (Å²) >= 11 is 6.32. The monoisotopic (exact) mass is 390 g/mol. The molecule has 1 aromatic carbocycles. The Labute approximate surface area is 161 Å². The predicted octanol–water partition coefficient (Wildman–Crippen LogP) is 3.76. The van der Waals surface area contributed by atoms with Crippen molar-refractivity contribution >= 4 is 29.9 Å². The van der Waals surface area contributed by atoms with Crippen molar-refractivity contribution in [3.05, 3.63) is 22.7 Å². The molecule has 0 aromatic heterocycles. The number of halogens is 2.